The minimum Gasteiger partial charge on any atom is -0.481 e. The Hall–Kier alpha value is -2.05. The minimum absolute atomic E-state index is 0.0111. The van der Waals surface area contributed by atoms with E-state index in [1.54, 1.807) is 24.9 Å². The molecule has 0 saturated heterocycles. The molecule has 7 nitrogen and oxygen atoms in total. The molecule has 7 heteroatoms. The molecule has 1 aromatic heterocycles. The number of carbonyl (C=O) groups is 2. The van der Waals surface area contributed by atoms with Crippen molar-refractivity contribution in [3.8, 4) is 0 Å². The van der Waals surface area contributed by atoms with Crippen LogP contribution < -0.4 is 10.6 Å². The first-order valence-electron chi connectivity index (χ1n) is 7.10. The maximum absolute atomic E-state index is 11.8. The van der Waals surface area contributed by atoms with Gasteiger partial charge in [-0.2, -0.15) is 5.10 Å². The van der Waals surface area contributed by atoms with E-state index in [2.05, 4.69) is 15.7 Å². The molecule has 2 amide bonds. The Morgan fingerprint density at radius 1 is 1.38 bits per heavy atom. The number of hydrogen-bond donors (Lipinski definition) is 3. The number of carbonyl (C=O) groups excluding carboxylic acids is 1. The van der Waals surface area contributed by atoms with Crippen LogP contribution in [-0.2, 0) is 11.8 Å². The van der Waals surface area contributed by atoms with E-state index in [0.29, 0.717) is 12.1 Å². The molecular weight excluding hydrogens is 272 g/mol. The molecule has 0 spiro atoms. The molecule has 2 atom stereocenters. The number of aliphatic carboxylic acids is 1. The lowest BCUT2D eigenvalue weighted by molar-refractivity contribution is -0.141. The molecule has 0 aliphatic carbocycles. The Morgan fingerprint density at radius 2 is 2.05 bits per heavy atom. The summed E-state index contributed by atoms with van der Waals surface area (Å²) in [4.78, 5) is 22.5. The topological polar surface area (TPSA) is 96.3 Å². The quantitative estimate of drug-likeness (QED) is 0.718. The maximum Gasteiger partial charge on any atom is 0.319 e. The Morgan fingerprint density at radius 3 is 2.57 bits per heavy atom. The number of nitrogens with one attached hydrogen (secondary N) is 2. The molecular formula is C14H24N4O3. The maximum atomic E-state index is 11.8. The summed E-state index contributed by atoms with van der Waals surface area (Å²) >= 11 is 0. The molecule has 1 aromatic rings. The van der Waals surface area contributed by atoms with Crippen molar-refractivity contribution in [3.05, 3.63) is 11.9 Å². The third kappa shape index (κ3) is 5.85. The van der Waals surface area contributed by atoms with Crippen LogP contribution in [0.2, 0.25) is 0 Å². The summed E-state index contributed by atoms with van der Waals surface area (Å²) in [6.45, 7) is 5.42. The Labute approximate surface area is 124 Å². The molecule has 0 radical (unpaired) electrons. The van der Waals surface area contributed by atoms with Gasteiger partial charge in [-0.1, -0.05) is 13.3 Å². The second-order valence-electron chi connectivity index (χ2n) is 5.47. The highest BCUT2D eigenvalue weighted by Crippen LogP contribution is 2.12. The predicted molar refractivity (Wildman–Crippen MR) is 80.2 cm³/mol. The first-order valence-corrected chi connectivity index (χ1v) is 7.10. The molecule has 2 unspecified atom stereocenters. The van der Waals surface area contributed by atoms with E-state index in [1.165, 1.54) is 0 Å². The van der Waals surface area contributed by atoms with Crippen molar-refractivity contribution in [3.63, 3.8) is 0 Å². The summed E-state index contributed by atoms with van der Waals surface area (Å²) in [5, 5.41) is 18.5. The molecule has 0 aromatic carbocycles. The number of hydrogen-bond acceptors (Lipinski definition) is 3. The van der Waals surface area contributed by atoms with Crippen molar-refractivity contribution in [2.45, 2.75) is 46.1 Å². The lowest BCUT2D eigenvalue weighted by Crippen LogP contribution is -2.36. The van der Waals surface area contributed by atoms with Crippen LogP contribution in [0.15, 0.2) is 6.20 Å². The molecule has 0 fully saturated rings. The average molecular weight is 296 g/mol. The van der Waals surface area contributed by atoms with Gasteiger partial charge in [-0.3, -0.25) is 9.48 Å². The van der Waals surface area contributed by atoms with Crippen molar-refractivity contribution in [2.75, 3.05) is 5.32 Å². The molecule has 1 heterocycles. The van der Waals surface area contributed by atoms with E-state index in [-0.39, 0.29) is 18.0 Å². The number of aromatic nitrogens is 2. The van der Waals surface area contributed by atoms with Crippen LogP contribution in [0.4, 0.5) is 10.5 Å². The molecule has 0 aliphatic rings. The van der Waals surface area contributed by atoms with E-state index < -0.39 is 5.97 Å². The van der Waals surface area contributed by atoms with Crippen LogP contribution in [-0.4, -0.2) is 32.9 Å². The number of nitrogens with zero attached hydrogens (tertiary/aromatic N) is 2. The number of aryl methyl sites for hydroxylation is 2. The van der Waals surface area contributed by atoms with Crippen molar-refractivity contribution in [1.29, 1.82) is 0 Å². The van der Waals surface area contributed by atoms with Gasteiger partial charge in [0.15, 0.2) is 0 Å². The van der Waals surface area contributed by atoms with E-state index in [4.69, 9.17) is 5.11 Å². The van der Waals surface area contributed by atoms with Crippen molar-refractivity contribution < 1.29 is 14.7 Å². The Bertz CT molecular complexity index is 498. The van der Waals surface area contributed by atoms with Gasteiger partial charge in [0.2, 0.25) is 0 Å². The Kier molecular flexibility index (Phi) is 6.20. The molecule has 0 saturated carbocycles. The highest BCUT2D eigenvalue weighted by atomic mass is 16.4. The highest BCUT2D eigenvalue weighted by molar-refractivity contribution is 5.89. The van der Waals surface area contributed by atoms with E-state index in [0.717, 1.165) is 18.5 Å². The molecule has 21 heavy (non-hydrogen) atoms. The fourth-order valence-corrected chi connectivity index (χ4v) is 2.03. The number of carboxylic acids is 1. The zero-order valence-corrected chi connectivity index (χ0v) is 13.0. The largest absolute Gasteiger partial charge is 0.481 e. The van der Waals surface area contributed by atoms with Crippen molar-refractivity contribution in [2.24, 2.45) is 13.0 Å². The average Bonchev–Trinajstić information content (AvgIpc) is 2.67. The van der Waals surface area contributed by atoms with Crippen LogP contribution in [0.25, 0.3) is 0 Å². The minimum atomic E-state index is -0.777. The van der Waals surface area contributed by atoms with Gasteiger partial charge in [-0.15, -0.1) is 0 Å². The van der Waals surface area contributed by atoms with Gasteiger partial charge in [0.25, 0.3) is 0 Å². The monoisotopic (exact) mass is 296 g/mol. The predicted octanol–water partition coefficient (Wildman–Crippen LogP) is 2.13. The summed E-state index contributed by atoms with van der Waals surface area (Å²) < 4.78 is 1.64. The lowest BCUT2D eigenvalue weighted by Gasteiger charge is -2.15. The summed E-state index contributed by atoms with van der Waals surface area (Å²) in [5.41, 5.74) is 1.44. The molecule has 1 rings (SSSR count). The number of urea groups is 1. The molecule has 0 bridgehead atoms. The van der Waals surface area contributed by atoms with Gasteiger partial charge >= 0.3 is 12.0 Å². The van der Waals surface area contributed by atoms with E-state index in [1.807, 2.05) is 13.8 Å². The molecule has 3 N–H and O–H groups in total. The van der Waals surface area contributed by atoms with Crippen LogP contribution in [0.5, 0.6) is 0 Å². The fourth-order valence-electron chi connectivity index (χ4n) is 2.03. The van der Waals surface area contributed by atoms with Gasteiger partial charge in [0.1, 0.15) is 0 Å². The highest BCUT2D eigenvalue weighted by Gasteiger charge is 2.13. The van der Waals surface area contributed by atoms with Gasteiger partial charge in [0, 0.05) is 19.3 Å². The van der Waals surface area contributed by atoms with Gasteiger partial charge in [-0.25, -0.2) is 4.79 Å². The normalized spacial score (nSPS) is 13.5. The fraction of sp³-hybridized carbons (Fsp3) is 0.643. The van der Waals surface area contributed by atoms with Crippen LogP contribution >= 0.6 is 0 Å². The van der Waals surface area contributed by atoms with Crippen molar-refractivity contribution >= 4 is 17.7 Å². The van der Waals surface area contributed by atoms with E-state index in [9.17, 15) is 9.59 Å². The van der Waals surface area contributed by atoms with Crippen molar-refractivity contribution in [1.82, 2.24) is 15.1 Å². The summed E-state index contributed by atoms with van der Waals surface area (Å²) in [7, 11) is 1.79. The first kappa shape index (κ1) is 17.0. The number of rotatable bonds is 7. The van der Waals surface area contributed by atoms with Crippen LogP contribution in [0, 0.1) is 12.8 Å². The second-order valence-corrected chi connectivity index (χ2v) is 5.47. The van der Waals surface area contributed by atoms with Crippen LogP contribution in [0.1, 0.15) is 38.8 Å². The molecule has 0 aliphatic heterocycles. The van der Waals surface area contributed by atoms with Gasteiger partial charge in [0.05, 0.1) is 17.3 Å². The second kappa shape index (κ2) is 7.66. The molecule has 118 valence electrons. The van der Waals surface area contributed by atoms with E-state index >= 15 is 0 Å². The zero-order chi connectivity index (χ0) is 16.0. The number of carboxylic acid groups (broad SMARTS) is 1. The zero-order valence-electron chi connectivity index (χ0n) is 13.0. The lowest BCUT2D eigenvalue weighted by atomic mass is 10.0. The third-order valence-electron chi connectivity index (χ3n) is 3.33. The smallest absolute Gasteiger partial charge is 0.319 e. The SMILES string of the molecule is Cc1nn(C)cc1NC(=O)NC(C)CCCC(C)C(=O)O. The number of amides is 2. The number of anilines is 1. The van der Waals surface area contributed by atoms with Gasteiger partial charge in [-0.05, 0) is 26.7 Å². The summed E-state index contributed by atoms with van der Waals surface area (Å²) in [5.74, 6) is -1.12. The standard InChI is InChI=1S/C14H24N4O3/c1-9(13(19)20)6-5-7-10(2)15-14(21)16-12-8-18(4)17-11(12)3/h8-10H,5-7H2,1-4H3,(H,19,20)(H2,15,16,21). The van der Waals surface area contributed by atoms with Gasteiger partial charge < -0.3 is 15.7 Å². The first-order chi connectivity index (χ1) is 9.79. The third-order valence-corrected chi connectivity index (χ3v) is 3.33. The summed E-state index contributed by atoms with van der Waals surface area (Å²) in [6.07, 6.45) is 3.87. The summed E-state index contributed by atoms with van der Waals surface area (Å²) in [6, 6.07) is -0.284. The van der Waals surface area contributed by atoms with Crippen LogP contribution in [0.3, 0.4) is 0 Å². The Balaban J connectivity index is 2.31.